The molecule has 2 aromatic rings. The number of piperidine rings is 1. The number of anilines is 2. The lowest BCUT2D eigenvalue weighted by Gasteiger charge is -2.34. The number of likely N-dealkylation sites (N-methyl/N-ethyl adjacent to an activating group) is 1. The van der Waals surface area contributed by atoms with Gasteiger partial charge in [-0.2, -0.15) is 0 Å². The van der Waals surface area contributed by atoms with Crippen LogP contribution >= 0.6 is 11.6 Å². The largest absolute Gasteiger partial charge is 0.337 e. The number of fused-ring (bicyclic) bond motifs is 3. The van der Waals surface area contributed by atoms with Gasteiger partial charge >= 0.3 is 6.03 Å². The molecule has 0 spiro atoms. The number of amides is 2. The van der Waals surface area contributed by atoms with Gasteiger partial charge in [-0.1, -0.05) is 29.3 Å². The van der Waals surface area contributed by atoms with Crippen LogP contribution in [0.1, 0.15) is 23.5 Å². The van der Waals surface area contributed by atoms with Crippen molar-refractivity contribution in [3.63, 3.8) is 0 Å². The maximum Gasteiger partial charge on any atom is 0.326 e. The molecule has 3 atom stereocenters. The molecule has 2 aromatic carbocycles. The van der Waals surface area contributed by atoms with E-state index in [4.69, 9.17) is 11.6 Å². The molecule has 2 aliphatic rings. The number of likely N-dealkylation sites (tertiary alicyclic amines) is 1. The molecular weight excluding hydrogens is 334 g/mol. The zero-order chi connectivity index (χ0) is 17.6. The Balaban J connectivity index is 1.66. The first-order chi connectivity index (χ1) is 12.0. The number of aryl methyl sites for hydroxylation is 1. The number of benzene rings is 2. The lowest BCUT2D eigenvalue weighted by atomic mass is 9.89. The van der Waals surface area contributed by atoms with Crippen LogP contribution in [0.25, 0.3) is 0 Å². The predicted molar refractivity (Wildman–Crippen MR) is 102 cm³/mol. The molecule has 0 aliphatic carbocycles. The fourth-order valence-electron chi connectivity index (χ4n) is 4.18. The molecule has 1 unspecified atom stereocenters. The molecule has 1 saturated heterocycles. The van der Waals surface area contributed by atoms with E-state index in [0.717, 1.165) is 30.9 Å². The van der Waals surface area contributed by atoms with Gasteiger partial charge in [-0.05, 0) is 42.8 Å². The van der Waals surface area contributed by atoms with Crippen LogP contribution in [0.2, 0.25) is 5.02 Å². The Morgan fingerprint density at radius 3 is 2.76 bits per heavy atom. The fourth-order valence-corrected chi connectivity index (χ4v) is 4.31. The molecule has 4 rings (SSSR count). The van der Waals surface area contributed by atoms with Gasteiger partial charge in [0.1, 0.15) is 0 Å². The average molecular weight is 357 g/mol. The molecule has 2 N–H and O–H groups in total. The summed E-state index contributed by atoms with van der Waals surface area (Å²) in [5, 5.41) is 3.70. The van der Waals surface area contributed by atoms with Crippen LogP contribution in [0, 0.1) is 6.92 Å². The van der Waals surface area contributed by atoms with Gasteiger partial charge in [-0.25, -0.2) is 4.79 Å². The first-order valence-electron chi connectivity index (χ1n) is 8.80. The van der Waals surface area contributed by atoms with E-state index in [2.05, 4.69) is 37.5 Å². The molecule has 2 heterocycles. The van der Waals surface area contributed by atoms with Crippen LogP contribution in [0.4, 0.5) is 16.2 Å². The minimum Gasteiger partial charge on any atom is -0.337 e. The monoisotopic (exact) mass is 356 g/mol. The molecular formula is C20H23ClN3O+. The summed E-state index contributed by atoms with van der Waals surface area (Å²) in [7, 11) is 2.24. The third kappa shape index (κ3) is 3.00. The molecule has 5 heteroatoms. The highest BCUT2D eigenvalue weighted by Gasteiger charge is 2.45. The molecule has 2 amide bonds. The SMILES string of the molecule is Cc1ccc2c(c1)[C@@H]1C[NH+](C)CC[C@@H]1N2C(=O)Nc1ccc(Cl)cc1. The second kappa shape index (κ2) is 6.36. The highest BCUT2D eigenvalue weighted by molar-refractivity contribution is 6.30. The van der Waals surface area contributed by atoms with Crippen molar-refractivity contribution in [2.75, 3.05) is 30.4 Å². The van der Waals surface area contributed by atoms with Gasteiger partial charge in [0, 0.05) is 22.8 Å². The Morgan fingerprint density at radius 1 is 1.24 bits per heavy atom. The lowest BCUT2D eigenvalue weighted by Crippen LogP contribution is -3.11. The highest BCUT2D eigenvalue weighted by atomic mass is 35.5. The summed E-state index contributed by atoms with van der Waals surface area (Å²) in [6.07, 6.45) is 1.03. The zero-order valence-electron chi connectivity index (χ0n) is 14.6. The van der Waals surface area contributed by atoms with Gasteiger partial charge in [0.2, 0.25) is 0 Å². The van der Waals surface area contributed by atoms with Gasteiger partial charge in [0.15, 0.2) is 0 Å². The van der Waals surface area contributed by atoms with Gasteiger partial charge in [-0.15, -0.1) is 0 Å². The van der Waals surface area contributed by atoms with Crippen molar-refractivity contribution in [1.29, 1.82) is 0 Å². The van der Waals surface area contributed by atoms with E-state index in [1.165, 1.54) is 16.0 Å². The third-order valence-corrected chi connectivity index (χ3v) is 5.64. The minimum absolute atomic E-state index is 0.0560. The molecule has 130 valence electrons. The number of halogens is 1. The van der Waals surface area contributed by atoms with E-state index in [-0.39, 0.29) is 12.1 Å². The van der Waals surface area contributed by atoms with E-state index in [1.54, 1.807) is 12.1 Å². The molecule has 1 fully saturated rings. The van der Waals surface area contributed by atoms with E-state index in [0.29, 0.717) is 10.9 Å². The number of rotatable bonds is 1. The van der Waals surface area contributed by atoms with Gasteiger partial charge < -0.3 is 10.2 Å². The molecule has 0 radical (unpaired) electrons. The van der Waals surface area contributed by atoms with Crippen LogP contribution in [0.5, 0.6) is 0 Å². The number of nitrogens with one attached hydrogen (secondary N) is 2. The number of hydrogen-bond acceptors (Lipinski definition) is 1. The normalized spacial score (nSPS) is 24.6. The summed E-state index contributed by atoms with van der Waals surface area (Å²) in [5.41, 5.74) is 4.39. The van der Waals surface area contributed by atoms with E-state index in [9.17, 15) is 4.79 Å². The number of carbonyl (C=O) groups is 1. The molecule has 2 aliphatic heterocycles. The van der Waals surface area contributed by atoms with Crippen molar-refractivity contribution in [3.05, 3.63) is 58.6 Å². The van der Waals surface area contributed by atoms with Crippen molar-refractivity contribution in [2.24, 2.45) is 0 Å². The predicted octanol–water partition coefficient (Wildman–Crippen LogP) is 3.07. The molecule has 0 bridgehead atoms. The van der Waals surface area contributed by atoms with Crippen molar-refractivity contribution < 1.29 is 9.69 Å². The minimum atomic E-state index is -0.0560. The van der Waals surface area contributed by atoms with Crippen molar-refractivity contribution in [1.82, 2.24) is 0 Å². The smallest absolute Gasteiger partial charge is 0.326 e. The standard InChI is InChI=1S/C20H22ClN3O/c1-13-3-8-18-16(11-13)17-12-23(2)10-9-19(17)24(18)20(25)22-15-6-4-14(21)5-7-15/h3-8,11,17,19H,9-10,12H2,1-2H3,(H,22,25)/p+1/t17-,19-/m0/s1. The Bertz CT molecular complexity index is 805. The van der Waals surface area contributed by atoms with Crippen LogP contribution < -0.4 is 15.1 Å². The van der Waals surface area contributed by atoms with Crippen molar-refractivity contribution in [2.45, 2.75) is 25.3 Å². The van der Waals surface area contributed by atoms with Crippen LogP contribution in [0.15, 0.2) is 42.5 Å². The summed E-state index contributed by atoms with van der Waals surface area (Å²) >= 11 is 5.94. The Hall–Kier alpha value is -2.04. The first-order valence-corrected chi connectivity index (χ1v) is 9.18. The van der Waals surface area contributed by atoms with Crippen LogP contribution in [-0.2, 0) is 0 Å². The van der Waals surface area contributed by atoms with Crippen molar-refractivity contribution in [3.8, 4) is 0 Å². The molecule has 0 saturated carbocycles. The Morgan fingerprint density at radius 2 is 2.00 bits per heavy atom. The number of nitrogens with zero attached hydrogens (tertiary/aromatic N) is 1. The second-order valence-corrected chi connectivity index (χ2v) is 7.68. The number of quaternary nitrogens is 1. The number of urea groups is 1. The Kier molecular flexibility index (Phi) is 4.18. The number of carbonyl (C=O) groups excluding carboxylic acids is 1. The van der Waals surface area contributed by atoms with E-state index < -0.39 is 0 Å². The van der Waals surface area contributed by atoms with Gasteiger partial charge in [-0.3, -0.25) is 4.90 Å². The molecule has 0 aromatic heterocycles. The quantitative estimate of drug-likeness (QED) is 0.809. The molecule has 4 nitrogen and oxygen atoms in total. The topological polar surface area (TPSA) is 36.8 Å². The van der Waals surface area contributed by atoms with Crippen molar-refractivity contribution >= 4 is 29.0 Å². The maximum absolute atomic E-state index is 13.1. The summed E-state index contributed by atoms with van der Waals surface area (Å²) in [5.74, 6) is 0.416. The third-order valence-electron chi connectivity index (χ3n) is 5.39. The second-order valence-electron chi connectivity index (χ2n) is 7.24. The summed E-state index contributed by atoms with van der Waals surface area (Å²) in [4.78, 5) is 16.6. The lowest BCUT2D eigenvalue weighted by molar-refractivity contribution is -0.886. The summed E-state index contributed by atoms with van der Waals surface area (Å²) < 4.78 is 0. The summed E-state index contributed by atoms with van der Waals surface area (Å²) in [6, 6.07) is 13.9. The Labute approximate surface area is 153 Å². The van der Waals surface area contributed by atoms with Crippen LogP contribution in [-0.4, -0.2) is 32.2 Å². The molecule has 25 heavy (non-hydrogen) atoms. The van der Waals surface area contributed by atoms with E-state index in [1.807, 2.05) is 17.0 Å². The maximum atomic E-state index is 13.1. The number of hydrogen-bond donors (Lipinski definition) is 2. The fraction of sp³-hybridized carbons (Fsp3) is 0.350. The average Bonchev–Trinajstić information content (AvgIpc) is 2.90. The first kappa shape index (κ1) is 16.4. The highest BCUT2D eigenvalue weighted by Crippen LogP contribution is 2.43. The van der Waals surface area contributed by atoms with Crippen LogP contribution in [0.3, 0.4) is 0 Å². The van der Waals surface area contributed by atoms with Gasteiger partial charge in [0.05, 0.1) is 32.1 Å². The summed E-state index contributed by atoms with van der Waals surface area (Å²) in [6.45, 7) is 4.29. The van der Waals surface area contributed by atoms with E-state index >= 15 is 0 Å². The van der Waals surface area contributed by atoms with Gasteiger partial charge in [0.25, 0.3) is 0 Å². The zero-order valence-corrected chi connectivity index (χ0v) is 15.3.